The predicted octanol–water partition coefficient (Wildman–Crippen LogP) is 3.28. The minimum Gasteiger partial charge on any atom is -0.506 e. The van der Waals surface area contributed by atoms with Crippen molar-refractivity contribution in [3.63, 3.8) is 0 Å². The Labute approximate surface area is 255 Å². The van der Waals surface area contributed by atoms with E-state index in [0.29, 0.717) is 48.2 Å². The Morgan fingerprint density at radius 3 is 2.52 bits per heavy atom. The molecule has 6 rings (SSSR count). The molecular weight excluding hydrogens is 562 g/mol. The van der Waals surface area contributed by atoms with Gasteiger partial charge in [-0.15, -0.1) is 0 Å². The summed E-state index contributed by atoms with van der Waals surface area (Å²) >= 11 is 0. The number of ether oxygens (including phenoxy) is 2. The molecular formula is C33H36N5O6+. The molecule has 0 unspecified atom stereocenters. The number of benzene rings is 2. The van der Waals surface area contributed by atoms with Gasteiger partial charge in [0.15, 0.2) is 17.6 Å². The van der Waals surface area contributed by atoms with Crippen molar-refractivity contribution in [1.82, 2.24) is 19.8 Å². The number of amides is 3. The van der Waals surface area contributed by atoms with Crippen LogP contribution in [0.25, 0.3) is 11.0 Å². The van der Waals surface area contributed by atoms with Crippen molar-refractivity contribution in [2.24, 2.45) is 5.92 Å². The number of nitrogens with zero attached hydrogens (tertiary/aromatic N) is 4. The molecule has 0 bridgehead atoms. The third-order valence-corrected chi connectivity index (χ3v) is 8.34. The van der Waals surface area contributed by atoms with Crippen LogP contribution in [0.2, 0.25) is 0 Å². The van der Waals surface area contributed by atoms with Crippen molar-refractivity contribution in [3.8, 4) is 11.5 Å². The van der Waals surface area contributed by atoms with Crippen LogP contribution in [0.5, 0.6) is 11.5 Å². The Morgan fingerprint density at radius 1 is 1.09 bits per heavy atom. The molecule has 0 radical (unpaired) electrons. The second kappa shape index (κ2) is 12.5. The molecule has 2 aromatic carbocycles. The van der Waals surface area contributed by atoms with Gasteiger partial charge in [0, 0.05) is 30.9 Å². The van der Waals surface area contributed by atoms with Gasteiger partial charge in [-0.05, 0) is 63.1 Å². The molecule has 2 aliphatic rings. The zero-order chi connectivity index (χ0) is 30.8. The lowest BCUT2D eigenvalue weighted by atomic mass is 10.0. The van der Waals surface area contributed by atoms with Crippen molar-refractivity contribution in [2.75, 3.05) is 19.8 Å². The minimum atomic E-state index is -0.348. The lowest BCUT2D eigenvalue weighted by Gasteiger charge is -2.21. The number of rotatable bonds is 10. The number of fused-ring (bicyclic) bond motifs is 2. The fraction of sp³-hybridized carbons (Fsp3) is 0.364. The van der Waals surface area contributed by atoms with Crippen LogP contribution < -0.4 is 14.6 Å². The third kappa shape index (κ3) is 5.74. The summed E-state index contributed by atoms with van der Waals surface area (Å²) in [5.41, 5.74) is 3.83. The molecule has 44 heavy (non-hydrogen) atoms. The number of hydrogen-bond acceptors (Lipinski definition) is 7. The lowest BCUT2D eigenvalue weighted by molar-refractivity contribution is -0.687. The van der Waals surface area contributed by atoms with E-state index in [0.717, 1.165) is 41.9 Å². The van der Waals surface area contributed by atoms with E-state index in [9.17, 15) is 19.5 Å². The molecule has 11 nitrogen and oxygen atoms in total. The Kier molecular flexibility index (Phi) is 8.30. The molecule has 0 aliphatic carbocycles. The van der Waals surface area contributed by atoms with Crippen molar-refractivity contribution in [3.05, 3.63) is 82.9 Å². The first-order chi connectivity index (χ1) is 21.3. The van der Waals surface area contributed by atoms with Gasteiger partial charge in [-0.1, -0.05) is 12.1 Å². The van der Waals surface area contributed by atoms with Crippen LogP contribution in [0.1, 0.15) is 57.7 Å². The second-order valence-corrected chi connectivity index (χ2v) is 11.2. The Balaban J connectivity index is 1.26. The summed E-state index contributed by atoms with van der Waals surface area (Å²) < 4.78 is 15.8. The summed E-state index contributed by atoms with van der Waals surface area (Å²) in [6.07, 6.45) is 1.87. The molecule has 228 valence electrons. The fourth-order valence-corrected chi connectivity index (χ4v) is 6.02. The van der Waals surface area contributed by atoms with Crippen molar-refractivity contribution >= 4 is 28.8 Å². The third-order valence-electron chi connectivity index (χ3n) is 8.34. The van der Waals surface area contributed by atoms with E-state index in [1.54, 1.807) is 36.4 Å². The van der Waals surface area contributed by atoms with Crippen LogP contribution in [0, 0.1) is 12.8 Å². The number of aromatic hydroxyl groups is 1. The monoisotopic (exact) mass is 598 g/mol. The standard InChI is InChI=1S/C33H35N5O6/c1-3-36-28-16-23(44-20-30(40)34-17-26-29(39)11-8-21(2)35-26)9-10-27(28)37(18-22-12-14-43-15-13-22)31(36)19-38-32(41)24-6-4-5-7-25(24)33(38)42/h4-11,16,22H,3,12-15,17-20H2,1-2H3,(H-,34,39,40)/p+1. The molecule has 0 spiro atoms. The lowest BCUT2D eigenvalue weighted by Crippen LogP contribution is -2.45. The van der Waals surface area contributed by atoms with Gasteiger partial charge >= 0.3 is 0 Å². The quantitative estimate of drug-likeness (QED) is 0.212. The normalized spacial score (nSPS) is 15.2. The summed E-state index contributed by atoms with van der Waals surface area (Å²) in [6.45, 7) is 6.61. The number of aryl methyl sites for hydroxylation is 2. The zero-order valence-corrected chi connectivity index (χ0v) is 24.9. The first-order valence-electron chi connectivity index (χ1n) is 15.0. The fourth-order valence-electron chi connectivity index (χ4n) is 6.02. The van der Waals surface area contributed by atoms with E-state index in [4.69, 9.17) is 9.47 Å². The van der Waals surface area contributed by atoms with Crippen LogP contribution in [0.4, 0.5) is 0 Å². The van der Waals surface area contributed by atoms with Crippen LogP contribution in [-0.2, 0) is 35.7 Å². The Hall–Kier alpha value is -4.77. The molecule has 2 N–H and O–H groups in total. The van der Waals surface area contributed by atoms with Gasteiger partial charge in [0.2, 0.25) is 0 Å². The number of nitrogens with one attached hydrogen (secondary N) is 1. The molecule has 1 fully saturated rings. The van der Waals surface area contributed by atoms with E-state index in [2.05, 4.69) is 19.4 Å². The maximum absolute atomic E-state index is 13.3. The predicted molar refractivity (Wildman–Crippen MR) is 160 cm³/mol. The van der Waals surface area contributed by atoms with Gasteiger partial charge in [-0.25, -0.2) is 9.13 Å². The number of aromatic nitrogens is 3. The first-order valence-corrected chi connectivity index (χ1v) is 15.0. The van der Waals surface area contributed by atoms with E-state index in [-0.39, 0.29) is 43.2 Å². The highest BCUT2D eigenvalue weighted by molar-refractivity contribution is 6.21. The highest BCUT2D eigenvalue weighted by Gasteiger charge is 2.39. The molecule has 4 heterocycles. The van der Waals surface area contributed by atoms with Gasteiger partial charge in [-0.2, -0.15) is 0 Å². The molecule has 0 saturated carbocycles. The van der Waals surface area contributed by atoms with Gasteiger partial charge in [0.05, 0.1) is 30.8 Å². The summed E-state index contributed by atoms with van der Waals surface area (Å²) in [7, 11) is 0. The summed E-state index contributed by atoms with van der Waals surface area (Å²) in [5, 5.41) is 12.7. The first kappa shape index (κ1) is 29.3. The van der Waals surface area contributed by atoms with Gasteiger partial charge < -0.3 is 19.9 Å². The molecule has 0 atom stereocenters. The molecule has 3 amide bonds. The van der Waals surface area contributed by atoms with Crippen molar-refractivity contribution < 1.29 is 33.5 Å². The number of imidazole rings is 1. The number of carbonyl (C=O) groups is 3. The van der Waals surface area contributed by atoms with Crippen LogP contribution in [-0.4, -0.2) is 57.1 Å². The molecule has 1 saturated heterocycles. The molecule has 4 aromatic rings. The Bertz CT molecular complexity index is 1710. The maximum Gasteiger partial charge on any atom is 0.277 e. The van der Waals surface area contributed by atoms with Crippen LogP contribution in [0.15, 0.2) is 54.6 Å². The van der Waals surface area contributed by atoms with Crippen LogP contribution >= 0.6 is 0 Å². The average Bonchev–Trinajstić information content (AvgIpc) is 3.46. The Morgan fingerprint density at radius 2 is 1.82 bits per heavy atom. The maximum atomic E-state index is 13.3. The average molecular weight is 599 g/mol. The second-order valence-electron chi connectivity index (χ2n) is 11.2. The summed E-state index contributed by atoms with van der Waals surface area (Å²) in [5.74, 6) is 0.854. The number of pyridine rings is 1. The number of hydrogen-bond donors (Lipinski definition) is 2. The van der Waals surface area contributed by atoms with Gasteiger partial charge in [0.1, 0.15) is 23.7 Å². The van der Waals surface area contributed by atoms with E-state index in [1.807, 2.05) is 32.0 Å². The van der Waals surface area contributed by atoms with Gasteiger partial charge in [0.25, 0.3) is 23.5 Å². The van der Waals surface area contributed by atoms with Gasteiger partial charge in [-0.3, -0.25) is 24.3 Å². The highest BCUT2D eigenvalue weighted by atomic mass is 16.5. The molecule has 11 heteroatoms. The summed E-state index contributed by atoms with van der Waals surface area (Å²) in [6, 6.07) is 15.9. The van der Waals surface area contributed by atoms with Crippen LogP contribution in [0.3, 0.4) is 0 Å². The number of imide groups is 1. The smallest absolute Gasteiger partial charge is 0.277 e. The molecule has 2 aliphatic heterocycles. The SMILES string of the molecule is CCn1c(CN2C(=O)c3ccccc3C2=O)[n+](CC2CCOCC2)c2ccc(OCC(=O)NCc3nc(C)ccc3O)cc21. The van der Waals surface area contributed by atoms with E-state index in [1.165, 1.54) is 4.90 Å². The zero-order valence-electron chi connectivity index (χ0n) is 24.9. The van der Waals surface area contributed by atoms with E-state index < -0.39 is 0 Å². The molecule has 2 aromatic heterocycles. The number of carbonyl (C=O) groups excluding carboxylic acids is 3. The minimum absolute atomic E-state index is 0.0219. The topological polar surface area (TPSA) is 127 Å². The highest BCUT2D eigenvalue weighted by Crippen LogP contribution is 2.28. The largest absolute Gasteiger partial charge is 0.506 e. The van der Waals surface area contributed by atoms with Crippen molar-refractivity contribution in [1.29, 1.82) is 0 Å². The summed E-state index contributed by atoms with van der Waals surface area (Å²) in [4.78, 5) is 44.8. The van der Waals surface area contributed by atoms with Crippen molar-refractivity contribution in [2.45, 2.75) is 52.9 Å². The van der Waals surface area contributed by atoms with E-state index >= 15 is 0 Å².